The number of carbonyl (C=O) groups excluding carboxylic acids is 1. The molecule has 5 nitrogen and oxygen atoms in total. The maximum Gasteiger partial charge on any atom is 0.287 e. The minimum atomic E-state index is -4.26. The van der Waals surface area contributed by atoms with Crippen LogP contribution in [0, 0.1) is 0 Å². The summed E-state index contributed by atoms with van der Waals surface area (Å²) in [4.78, 5) is 12.5. The molecule has 1 aromatic rings. The number of hydrogen-bond acceptors (Lipinski definition) is 3. The lowest BCUT2D eigenvalue weighted by molar-refractivity contribution is -0.116. The lowest BCUT2D eigenvalue weighted by atomic mass is 10.2. The van der Waals surface area contributed by atoms with E-state index in [1.54, 1.807) is 24.3 Å². The molecule has 0 aliphatic carbocycles. The molecule has 16 heavy (non-hydrogen) atoms. The summed E-state index contributed by atoms with van der Waals surface area (Å²) in [5.41, 5.74) is 1.30. The molecule has 6 heteroatoms. The molecular weight excluding hydrogens is 230 g/mol. The van der Waals surface area contributed by atoms with E-state index in [1.807, 2.05) is 0 Å². The van der Waals surface area contributed by atoms with Crippen LogP contribution in [0.5, 0.6) is 0 Å². The fourth-order valence-electron chi connectivity index (χ4n) is 1.96. The highest BCUT2D eigenvalue weighted by Crippen LogP contribution is 2.33. The zero-order valence-corrected chi connectivity index (χ0v) is 9.44. The molecule has 0 spiro atoms. The summed E-state index contributed by atoms with van der Waals surface area (Å²) in [5.74, 6) is -0.396. The van der Waals surface area contributed by atoms with Gasteiger partial charge in [-0.25, -0.2) is 0 Å². The average molecular weight is 241 g/mol. The summed E-state index contributed by atoms with van der Waals surface area (Å²) in [6.45, 7) is 1.28. The first-order chi connectivity index (χ1) is 7.41. The Morgan fingerprint density at radius 3 is 2.62 bits per heavy atom. The molecule has 1 heterocycles. The highest BCUT2D eigenvalue weighted by atomic mass is 32.2. The van der Waals surface area contributed by atoms with E-state index < -0.39 is 21.4 Å². The number of carbonyl (C=O) groups is 1. The van der Waals surface area contributed by atoms with Gasteiger partial charge in [-0.15, -0.1) is 0 Å². The second-order valence-electron chi connectivity index (χ2n) is 3.69. The maximum atomic E-state index is 11.4. The molecule has 1 aliphatic heterocycles. The van der Waals surface area contributed by atoms with Gasteiger partial charge in [0.1, 0.15) is 0 Å². The molecule has 0 aromatic heterocycles. The Morgan fingerprint density at radius 1 is 1.44 bits per heavy atom. The smallest absolute Gasteiger partial charge is 0.287 e. The van der Waals surface area contributed by atoms with E-state index in [-0.39, 0.29) is 6.42 Å². The number of anilines is 1. The summed E-state index contributed by atoms with van der Waals surface area (Å²) in [6, 6.07) is 6.91. The van der Waals surface area contributed by atoms with Crippen molar-refractivity contribution in [2.24, 2.45) is 0 Å². The van der Waals surface area contributed by atoms with Crippen molar-refractivity contribution in [3.05, 3.63) is 29.8 Å². The number of amides is 1. The Labute approximate surface area is 93.4 Å². The number of benzene rings is 1. The Hall–Kier alpha value is -1.40. The van der Waals surface area contributed by atoms with E-state index in [0.717, 1.165) is 10.5 Å². The van der Waals surface area contributed by atoms with Crippen molar-refractivity contribution in [2.75, 3.05) is 4.90 Å². The summed E-state index contributed by atoms with van der Waals surface area (Å²) in [7, 11) is -4.26. The highest BCUT2D eigenvalue weighted by molar-refractivity contribution is 7.86. The van der Waals surface area contributed by atoms with Gasteiger partial charge in [-0.2, -0.15) is 8.42 Å². The predicted molar refractivity (Wildman–Crippen MR) is 58.6 cm³/mol. The van der Waals surface area contributed by atoms with Crippen LogP contribution < -0.4 is 4.90 Å². The first kappa shape index (κ1) is 11.1. The van der Waals surface area contributed by atoms with Crippen LogP contribution in [0.15, 0.2) is 24.3 Å². The monoisotopic (exact) mass is 241 g/mol. The van der Waals surface area contributed by atoms with Crippen LogP contribution in [0.3, 0.4) is 0 Å². The van der Waals surface area contributed by atoms with Crippen molar-refractivity contribution < 1.29 is 17.8 Å². The standard InChI is InChI=1S/C10H11NO4S/c1-7(12)11-9-5-3-2-4-8(9)6-10(11)16(13,14)15/h2-5,10H,6H2,1H3,(H,13,14,15)/t10-/m1/s1. The summed E-state index contributed by atoms with van der Waals surface area (Å²) in [6.07, 6.45) is 0.134. The zero-order chi connectivity index (χ0) is 11.9. The van der Waals surface area contributed by atoms with Crippen molar-refractivity contribution in [3.63, 3.8) is 0 Å². The average Bonchev–Trinajstić information content (AvgIpc) is 2.55. The molecule has 0 fully saturated rings. The van der Waals surface area contributed by atoms with Gasteiger partial charge in [-0.3, -0.25) is 14.2 Å². The maximum absolute atomic E-state index is 11.4. The van der Waals surface area contributed by atoms with E-state index in [2.05, 4.69) is 0 Å². The van der Waals surface area contributed by atoms with E-state index in [1.165, 1.54) is 6.92 Å². The highest BCUT2D eigenvalue weighted by Gasteiger charge is 2.39. The summed E-state index contributed by atoms with van der Waals surface area (Å²) < 4.78 is 31.4. The van der Waals surface area contributed by atoms with E-state index >= 15 is 0 Å². The number of nitrogens with zero attached hydrogens (tertiary/aromatic N) is 1. The number of para-hydroxylation sites is 1. The number of rotatable bonds is 1. The zero-order valence-electron chi connectivity index (χ0n) is 8.62. The minimum absolute atomic E-state index is 0.134. The predicted octanol–water partition coefficient (Wildman–Crippen LogP) is 0.810. The third-order valence-corrected chi connectivity index (χ3v) is 3.68. The van der Waals surface area contributed by atoms with Crippen molar-refractivity contribution in [3.8, 4) is 0 Å². The number of fused-ring (bicyclic) bond motifs is 1. The van der Waals surface area contributed by atoms with Crippen molar-refractivity contribution >= 4 is 21.7 Å². The van der Waals surface area contributed by atoms with Gasteiger partial charge in [0.05, 0.1) is 0 Å². The van der Waals surface area contributed by atoms with Gasteiger partial charge in [0, 0.05) is 19.0 Å². The van der Waals surface area contributed by atoms with Gasteiger partial charge in [0.2, 0.25) is 5.91 Å². The SMILES string of the molecule is CC(=O)N1c2ccccc2C[C@H]1S(=O)(=O)O. The third-order valence-electron chi connectivity index (χ3n) is 2.62. The molecular formula is C10H11NO4S. The second-order valence-corrected chi connectivity index (χ2v) is 5.27. The molecule has 1 atom stereocenters. The third kappa shape index (κ3) is 1.70. The lowest BCUT2D eigenvalue weighted by Gasteiger charge is -2.21. The molecule has 1 aromatic carbocycles. The Morgan fingerprint density at radius 2 is 2.06 bits per heavy atom. The Balaban J connectivity index is 2.54. The van der Waals surface area contributed by atoms with Crippen molar-refractivity contribution in [1.29, 1.82) is 0 Å². The van der Waals surface area contributed by atoms with Crippen LogP contribution >= 0.6 is 0 Å². The molecule has 0 bridgehead atoms. The van der Waals surface area contributed by atoms with Gasteiger partial charge in [-0.05, 0) is 11.6 Å². The van der Waals surface area contributed by atoms with E-state index in [0.29, 0.717) is 5.69 Å². The molecule has 0 unspecified atom stereocenters. The summed E-state index contributed by atoms with van der Waals surface area (Å²) in [5, 5.41) is -1.19. The molecule has 0 radical (unpaired) electrons. The lowest BCUT2D eigenvalue weighted by Crippen LogP contribution is -2.41. The normalized spacial score (nSPS) is 19.6. The number of hydrogen-bond donors (Lipinski definition) is 1. The largest absolute Gasteiger partial charge is 0.292 e. The van der Waals surface area contributed by atoms with Gasteiger partial charge >= 0.3 is 0 Å². The summed E-state index contributed by atoms with van der Waals surface area (Å²) >= 11 is 0. The molecule has 0 saturated heterocycles. The molecule has 1 amide bonds. The molecule has 1 aliphatic rings. The quantitative estimate of drug-likeness (QED) is 0.738. The molecule has 0 saturated carbocycles. The first-order valence-corrected chi connectivity index (χ1v) is 6.25. The van der Waals surface area contributed by atoms with Crippen LogP contribution in [0.4, 0.5) is 5.69 Å². The second kappa shape index (κ2) is 3.57. The van der Waals surface area contributed by atoms with Gasteiger partial charge in [-0.1, -0.05) is 18.2 Å². The van der Waals surface area contributed by atoms with Crippen molar-refractivity contribution in [2.45, 2.75) is 18.7 Å². The Bertz CT molecular complexity index is 538. The van der Waals surface area contributed by atoms with Crippen LogP contribution in [0.25, 0.3) is 0 Å². The van der Waals surface area contributed by atoms with E-state index in [4.69, 9.17) is 4.55 Å². The van der Waals surface area contributed by atoms with Crippen LogP contribution in [0.1, 0.15) is 12.5 Å². The van der Waals surface area contributed by atoms with E-state index in [9.17, 15) is 13.2 Å². The topological polar surface area (TPSA) is 74.7 Å². The fourth-order valence-corrected chi connectivity index (χ4v) is 2.88. The fraction of sp³-hybridized carbons (Fsp3) is 0.300. The van der Waals surface area contributed by atoms with Crippen LogP contribution in [-0.4, -0.2) is 24.3 Å². The molecule has 86 valence electrons. The first-order valence-electron chi connectivity index (χ1n) is 4.75. The molecule has 2 rings (SSSR count). The van der Waals surface area contributed by atoms with Crippen LogP contribution in [0.2, 0.25) is 0 Å². The van der Waals surface area contributed by atoms with Crippen LogP contribution in [-0.2, 0) is 21.3 Å². The van der Waals surface area contributed by atoms with Crippen molar-refractivity contribution in [1.82, 2.24) is 0 Å². The minimum Gasteiger partial charge on any atom is -0.292 e. The Kier molecular flexibility index (Phi) is 2.47. The molecule has 1 N–H and O–H groups in total. The van der Waals surface area contributed by atoms with Gasteiger partial charge in [0.15, 0.2) is 5.37 Å². The van der Waals surface area contributed by atoms with Gasteiger partial charge < -0.3 is 0 Å². The van der Waals surface area contributed by atoms with Gasteiger partial charge in [0.25, 0.3) is 10.1 Å².